The number of hydrogen-bond donors (Lipinski definition) is 2. The Morgan fingerprint density at radius 3 is 2.62 bits per heavy atom. The van der Waals surface area contributed by atoms with Gasteiger partial charge in [-0.05, 0) is 29.8 Å². The first kappa shape index (κ1) is 18.9. The van der Waals surface area contributed by atoms with Crippen LogP contribution in [0.3, 0.4) is 0 Å². The van der Waals surface area contributed by atoms with Crippen molar-refractivity contribution in [1.29, 1.82) is 0 Å². The Kier molecular flexibility index (Phi) is 6.32. The lowest BCUT2D eigenvalue weighted by Gasteiger charge is -2.14. The molecule has 2 aromatic carbocycles. The van der Waals surface area contributed by atoms with Gasteiger partial charge in [0.25, 0.3) is 0 Å². The van der Waals surface area contributed by atoms with Crippen LogP contribution in [-0.4, -0.2) is 25.7 Å². The third-order valence-corrected chi connectivity index (χ3v) is 4.52. The van der Waals surface area contributed by atoms with E-state index in [-0.39, 0.29) is 0 Å². The van der Waals surface area contributed by atoms with Crippen LogP contribution in [0.2, 0.25) is 0 Å². The van der Waals surface area contributed by atoms with Gasteiger partial charge in [0.1, 0.15) is 5.76 Å². The fourth-order valence-corrected chi connectivity index (χ4v) is 3.03. The van der Waals surface area contributed by atoms with E-state index in [1.165, 1.54) is 0 Å². The number of hydrogen-bond acceptors (Lipinski definition) is 4. The average molecular weight is 391 g/mol. The van der Waals surface area contributed by atoms with E-state index in [1.807, 2.05) is 48.5 Å². The van der Waals surface area contributed by atoms with Crippen molar-refractivity contribution >= 4 is 11.6 Å². The molecule has 2 heterocycles. The fraction of sp³-hybridized carbons (Fsp3) is 0.261. The molecule has 0 fully saturated rings. The molecule has 0 saturated carbocycles. The first-order valence-corrected chi connectivity index (χ1v) is 9.88. The number of furan rings is 1. The van der Waals surface area contributed by atoms with Gasteiger partial charge >= 0.3 is 0 Å². The summed E-state index contributed by atoms with van der Waals surface area (Å²) in [6.45, 7) is 2.63. The molecule has 1 aliphatic heterocycles. The number of nitrogens with zero attached hydrogens (tertiary/aromatic N) is 1. The molecule has 0 unspecified atom stereocenters. The zero-order chi connectivity index (χ0) is 19.7. The molecule has 1 aliphatic rings. The number of ether oxygens (including phenoxy) is 2. The van der Waals surface area contributed by atoms with Gasteiger partial charge in [0.05, 0.1) is 26.0 Å². The fourth-order valence-electron chi connectivity index (χ4n) is 3.03. The maximum absolute atomic E-state index is 5.79. The van der Waals surface area contributed by atoms with Crippen molar-refractivity contribution < 1.29 is 13.9 Å². The van der Waals surface area contributed by atoms with Crippen molar-refractivity contribution in [3.63, 3.8) is 0 Å². The van der Waals surface area contributed by atoms with Crippen molar-refractivity contribution in [3.8, 4) is 11.5 Å². The van der Waals surface area contributed by atoms with Crippen LogP contribution >= 0.6 is 0 Å². The summed E-state index contributed by atoms with van der Waals surface area (Å²) in [6.07, 6.45) is 3.35. The van der Waals surface area contributed by atoms with E-state index >= 15 is 0 Å². The second-order valence-corrected chi connectivity index (χ2v) is 6.74. The quantitative estimate of drug-likeness (QED) is 0.486. The third kappa shape index (κ3) is 5.54. The summed E-state index contributed by atoms with van der Waals surface area (Å²) in [4.78, 5) is 4.73. The van der Waals surface area contributed by atoms with E-state index in [9.17, 15) is 0 Å². The van der Waals surface area contributed by atoms with Gasteiger partial charge in [-0.2, -0.15) is 0 Å². The Morgan fingerprint density at radius 1 is 0.931 bits per heavy atom. The van der Waals surface area contributed by atoms with Gasteiger partial charge in [0, 0.05) is 31.1 Å². The molecule has 6 heteroatoms. The molecule has 1 aromatic heterocycles. The van der Waals surface area contributed by atoms with Gasteiger partial charge in [-0.1, -0.05) is 30.3 Å². The summed E-state index contributed by atoms with van der Waals surface area (Å²) in [5.74, 6) is 3.18. The first-order chi connectivity index (χ1) is 14.4. The average Bonchev–Trinajstić information content (AvgIpc) is 3.16. The summed E-state index contributed by atoms with van der Waals surface area (Å²) >= 11 is 0. The third-order valence-electron chi connectivity index (χ3n) is 4.52. The molecule has 4 rings (SSSR count). The van der Waals surface area contributed by atoms with Gasteiger partial charge in [0.2, 0.25) is 0 Å². The normalized spacial score (nSPS) is 13.6. The highest BCUT2D eigenvalue weighted by atomic mass is 16.5. The molecule has 0 spiro atoms. The van der Waals surface area contributed by atoms with E-state index < -0.39 is 0 Å². The van der Waals surface area contributed by atoms with Gasteiger partial charge in [-0.3, -0.25) is 0 Å². The highest BCUT2D eigenvalue weighted by molar-refractivity contribution is 5.94. The molecule has 6 nitrogen and oxygen atoms in total. The van der Waals surface area contributed by atoms with E-state index in [0.717, 1.165) is 41.4 Å². The molecular formula is C23H25N3O3. The number of fused-ring (bicyclic) bond motifs is 1. The van der Waals surface area contributed by atoms with Crippen LogP contribution < -0.4 is 20.1 Å². The number of nitrogens with one attached hydrogen (secondary N) is 2. The Hall–Kier alpha value is -3.41. The summed E-state index contributed by atoms with van der Waals surface area (Å²) < 4.78 is 16.9. The predicted molar refractivity (Wildman–Crippen MR) is 114 cm³/mol. The van der Waals surface area contributed by atoms with Gasteiger partial charge in [0.15, 0.2) is 17.5 Å². The van der Waals surface area contributed by atoms with Gasteiger partial charge in [-0.25, -0.2) is 4.99 Å². The molecule has 0 aliphatic carbocycles. The molecule has 29 heavy (non-hydrogen) atoms. The van der Waals surface area contributed by atoms with Crippen LogP contribution in [0.4, 0.5) is 5.69 Å². The first-order valence-electron chi connectivity index (χ1n) is 9.88. The monoisotopic (exact) mass is 391 g/mol. The van der Waals surface area contributed by atoms with Crippen LogP contribution in [-0.2, 0) is 13.0 Å². The maximum Gasteiger partial charge on any atom is 0.196 e. The topological polar surface area (TPSA) is 68.0 Å². The van der Waals surface area contributed by atoms with Crippen LogP contribution in [0, 0.1) is 0 Å². The number of anilines is 1. The summed E-state index contributed by atoms with van der Waals surface area (Å²) in [5, 5.41) is 6.75. The lowest BCUT2D eigenvalue weighted by Crippen LogP contribution is -2.32. The lowest BCUT2D eigenvalue weighted by atomic mass is 10.2. The minimum Gasteiger partial charge on any atom is -0.490 e. The number of rotatable bonds is 6. The number of aliphatic imine (C=N–C) groups is 1. The number of benzene rings is 2. The van der Waals surface area contributed by atoms with Gasteiger partial charge < -0.3 is 24.5 Å². The Bertz CT molecular complexity index is 924. The molecule has 0 atom stereocenters. The van der Waals surface area contributed by atoms with Gasteiger partial charge in [-0.15, -0.1) is 0 Å². The highest BCUT2D eigenvalue weighted by Crippen LogP contribution is 2.32. The van der Waals surface area contributed by atoms with E-state index in [1.54, 1.807) is 6.26 Å². The smallest absolute Gasteiger partial charge is 0.196 e. The Morgan fingerprint density at radius 2 is 1.79 bits per heavy atom. The zero-order valence-corrected chi connectivity index (χ0v) is 16.3. The van der Waals surface area contributed by atoms with E-state index in [2.05, 4.69) is 22.8 Å². The van der Waals surface area contributed by atoms with Crippen molar-refractivity contribution in [3.05, 3.63) is 78.3 Å². The zero-order valence-electron chi connectivity index (χ0n) is 16.3. The van der Waals surface area contributed by atoms with Crippen molar-refractivity contribution in [2.75, 3.05) is 25.1 Å². The van der Waals surface area contributed by atoms with Crippen molar-refractivity contribution in [2.24, 2.45) is 4.99 Å². The summed E-state index contributed by atoms with van der Waals surface area (Å²) in [7, 11) is 0. The molecule has 0 amide bonds. The van der Waals surface area contributed by atoms with Crippen LogP contribution in [0.25, 0.3) is 0 Å². The van der Waals surface area contributed by atoms with Crippen LogP contribution in [0.1, 0.15) is 17.7 Å². The van der Waals surface area contributed by atoms with Crippen LogP contribution in [0.5, 0.6) is 11.5 Å². The van der Waals surface area contributed by atoms with Crippen LogP contribution in [0.15, 0.2) is 76.3 Å². The molecule has 2 N–H and O–H groups in total. The summed E-state index contributed by atoms with van der Waals surface area (Å²) in [5.41, 5.74) is 2.05. The molecular weight excluding hydrogens is 366 g/mol. The minimum atomic E-state index is 0.585. The molecule has 0 bridgehead atoms. The Balaban J connectivity index is 1.45. The second kappa shape index (κ2) is 9.68. The van der Waals surface area contributed by atoms with E-state index in [4.69, 9.17) is 18.9 Å². The molecule has 0 saturated heterocycles. The highest BCUT2D eigenvalue weighted by Gasteiger charge is 2.11. The largest absolute Gasteiger partial charge is 0.490 e. The lowest BCUT2D eigenvalue weighted by molar-refractivity contribution is 0.297. The van der Waals surface area contributed by atoms with Crippen molar-refractivity contribution in [2.45, 2.75) is 19.4 Å². The molecule has 150 valence electrons. The van der Waals surface area contributed by atoms with E-state index in [0.29, 0.717) is 32.3 Å². The second-order valence-electron chi connectivity index (χ2n) is 6.74. The van der Waals surface area contributed by atoms with Crippen molar-refractivity contribution in [1.82, 2.24) is 5.32 Å². The molecule has 3 aromatic rings. The Labute approximate surface area is 170 Å². The minimum absolute atomic E-state index is 0.585. The molecule has 0 radical (unpaired) electrons. The standard InChI is InChI=1S/C23H25N3O3/c1-2-6-18(7-3-1)17-25-23(24-12-11-20-8-4-13-27-20)26-19-9-10-21-22(16-19)29-15-5-14-28-21/h1-4,6-10,13,16H,5,11-12,14-15,17H2,(H2,24,25,26). The summed E-state index contributed by atoms with van der Waals surface area (Å²) in [6, 6.07) is 19.9. The predicted octanol–water partition coefficient (Wildman–Crippen LogP) is 4.24. The SMILES string of the molecule is c1ccc(CN=C(NCCc2ccco2)Nc2ccc3c(c2)OCCCO3)cc1. The maximum atomic E-state index is 5.79. The number of guanidine groups is 1.